The van der Waals surface area contributed by atoms with E-state index < -0.39 is 0 Å². The minimum absolute atomic E-state index is 0.128. The highest BCUT2D eigenvalue weighted by atomic mass is 16.2. The lowest BCUT2D eigenvalue weighted by molar-refractivity contribution is -0.122. The van der Waals surface area contributed by atoms with Crippen LogP contribution in [-0.4, -0.2) is 17.7 Å². The van der Waals surface area contributed by atoms with Gasteiger partial charge in [0.2, 0.25) is 17.7 Å². The van der Waals surface area contributed by atoms with Gasteiger partial charge in [0.15, 0.2) is 0 Å². The van der Waals surface area contributed by atoms with Gasteiger partial charge in [-0.3, -0.25) is 19.3 Å². The van der Waals surface area contributed by atoms with Crippen molar-refractivity contribution in [2.75, 3.05) is 4.90 Å². The van der Waals surface area contributed by atoms with Crippen LogP contribution in [-0.2, 0) is 19.8 Å². The largest absolute Gasteiger partial charge is 0.370 e. The second-order valence-corrected chi connectivity index (χ2v) is 6.45. The summed E-state index contributed by atoms with van der Waals surface area (Å²) < 4.78 is 0. The monoisotopic (exact) mass is 302 g/mol. The molecule has 1 aromatic rings. The summed E-state index contributed by atoms with van der Waals surface area (Å²) in [6, 6.07) is 7.20. The molecule has 0 saturated carbocycles. The Kier molecular flexibility index (Phi) is 4.35. The van der Waals surface area contributed by atoms with Crippen molar-refractivity contribution in [3.05, 3.63) is 29.8 Å². The van der Waals surface area contributed by atoms with E-state index in [0.29, 0.717) is 12.1 Å². The maximum absolute atomic E-state index is 12.2. The van der Waals surface area contributed by atoms with E-state index in [0.717, 1.165) is 5.56 Å². The molecule has 2 N–H and O–H groups in total. The fraction of sp³-hybridized carbons (Fsp3) is 0.471. The van der Waals surface area contributed by atoms with Gasteiger partial charge in [-0.15, -0.1) is 0 Å². The van der Waals surface area contributed by atoms with E-state index >= 15 is 0 Å². The molecule has 118 valence electrons. The van der Waals surface area contributed by atoms with Gasteiger partial charge in [0, 0.05) is 18.8 Å². The minimum Gasteiger partial charge on any atom is -0.370 e. The third kappa shape index (κ3) is 3.03. The van der Waals surface area contributed by atoms with Gasteiger partial charge in [-0.2, -0.15) is 0 Å². The van der Waals surface area contributed by atoms with E-state index in [1.54, 1.807) is 12.1 Å². The van der Waals surface area contributed by atoms with Gasteiger partial charge in [0.25, 0.3) is 0 Å². The zero-order chi connectivity index (χ0) is 16.5. The van der Waals surface area contributed by atoms with Gasteiger partial charge in [-0.05, 0) is 29.5 Å². The van der Waals surface area contributed by atoms with E-state index in [2.05, 4.69) is 0 Å². The number of nitrogens with zero attached hydrogens (tertiary/aromatic N) is 1. The average molecular weight is 302 g/mol. The van der Waals surface area contributed by atoms with Gasteiger partial charge in [0.05, 0.1) is 5.69 Å². The fourth-order valence-electron chi connectivity index (χ4n) is 2.88. The molecule has 3 amide bonds. The van der Waals surface area contributed by atoms with Crippen LogP contribution in [0, 0.1) is 5.92 Å². The average Bonchev–Trinajstić information content (AvgIpc) is 2.72. The van der Waals surface area contributed by atoms with E-state index in [1.807, 2.05) is 32.9 Å². The standard InChI is InChI=1S/C17H22N2O3/c1-4-11-9-15(21)19(16(11)22)13-7-5-12(6-8-13)17(2,3)10-14(18)20/h5-8,11H,4,9-10H2,1-3H3,(H2,18,20). The van der Waals surface area contributed by atoms with Crippen molar-refractivity contribution in [2.24, 2.45) is 11.7 Å². The number of hydrogen-bond acceptors (Lipinski definition) is 3. The molecule has 2 rings (SSSR count). The number of anilines is 1. The number of carbonyl (C=O) groups excluding carboxylic acids is 3. The Morgan fingerprint density at radius 1 is 1.27 bits per heavy atom. The highest BCUT2D eigenvalue weighted by Crippen LogP contribution is 2.31. The lowest BCUT2D eigenvalue weighted by atomic mass is 9.81. The first-order valence-corrected chi connectivity index (χ1v) is 7.52. The Hall–Kier alpha value is -2.17. The molecule has 1 atom stereocenters. The van der Waals surface area contributed by atoms with Crippen molar-refractivity contribution in [3.63, 3.8) is 0 Å². The summed E-state index contributed by atoms with van der Waals surface area (Å²) in [4.78, 5) is 36.7. The number of nitrogens with two attached hydrogens (primary N) is 1. The molecule has 1 unspecified atom stereocenters. The van der Waals surface area contributed by atoms with Crippen LogP contribution in [0.3, 0.4) is 0 Å². The Bertz CT molecular complexity index is 605. The molecule has 1 saturated heterocycles. The molecule has 1 fully saturated rings. The molecule has 1 heterocycles. The highest BCUT2D eigenvalue weighted by molar-refractivity contribution is 6.20. The molecule has 22 heavy (non-hydrogen) atoms. The van der Waals surface area contributed by atoms with Gasteiger partial charge in [0.1, 0.15) is 0 Å². The number of amides is 3. The highest BCUT2D eigenvalue weighted by Gasteiger charge is 2.38. The third-order valence-electron chi connectivity index (χ3n) is 4.26. The normalized spacial score (nSPS) is 18.9. The Balaban J connectivity index is 2.24. The number of rotatable bonds is 5. The summed E-state index contributed by atoms with van der Waals surface area (Å²) in [6.45, 7) is 5.78. The SMILES string of the molecule is CCC1CC(=O)N(c2ccc(C(C)(C)CC(N)=O)cc2)C1=O. The lowest BCUT2D eigenvalue weighted by Crippen LogP contribution is -2.30. The molecule has 5 heteroatoms. The zero-order valence-corrected chi connectivity index (χ0v) is 13.3. The second-order valence-electron chi connectivity index (χ2n) is 6.45. The van der Waals surface area contributed by atoms with Gasteiger partial charge >= 0.3 is 0 Å². The summed E-state index contributed by atoms with van der Waals surface area (Å²) in [5.41, 5.74) is 6.43. The van der Waals surface area contributed by atoms with Gasteiger partial charge in [-0.1, -0.05) is 32.9 Å². The van der Waals surface area contributed by atoms with Crippen LogP contribution in [0.2, 0.25) is 0 Å². The van der Waals surface area contributed by atoms with Crippen LogP contribution in [0.5, 0.6) is 0 Å². The molecule has 1 aliphatic rings. The smallest absolute Gasteiger partial charge is 0.237 e. The van der Waals surface area contributed by atoms with Crippen molar-refractivity contribution in [3.8, 4) is 0 Å². The number of primary amides is 1. The Morgan fingerprint density at radius 2 is 1.86 bits per heavy atom. The quantitative estimate of drug-likeness (QED) is 0.846. The van der Waals surface area contributed by atoms with Crippen molar-refractivity contribution in [1.82, 2.24) is 0 Å². The Labute approximate surface area is 130 Å². The van der Waals surface area contributed by atoms with Crippen molar-refractivity contribution in [2.45, 2.75) is 45.4 Å². The van der Waals surface area contributed by atoms with Crippen LogP contribution < -0.4 is 10.6 Å². The predicted molar refractivity (Wildman–Crippen MR) is 84.2 cm³/mol. The molecule has 0 aliphatic carbocycles. The molecule has 0 radical (unpaired) electrons. The summed E-state index contributed by atoms with van der Waals surface area (Å²) in [5, 5.41) is 0. The molecular weight excluding hydrogens is 280 g/mol. The van der Waals surface area contributed by atoms with Crippen molar-refractivity contribution >= 4 is 23.4 Å². The Morgan fingerprint density at radius 3 is 2.32 bits per heavy atom. The van der Waals surface area contributed by atoms with Crippen LogP contribution in [0.25, 0.3) is 0 Å². The topological polar surface area (TPSA) is 80.5 Å². The summed E-state index contributed by atoms with van der Waals surface area (Å²) in [7, 11) is 0. The summed E-state index contributed by atoms with van der Waals surface area (Å²) in [6.07, 6.45) is 1.20. The fourth-order valence-corrected chi connectivity index (χ4v) is 2.88. The number of carbonyl (C=O) groups is 3. The summed E-state index contributed by atoms with van der Waals surface area (Å²) >= 11 is 0. The molecule has 0 bridgehead atoms. The van der Waals surface area contributed by atoms with E-state index in [9.17, 15) is 14.4 Å². The van der Waals surface area contributed by atoms with Crippen LogP contribution in [0.15, 0.2) is 24.3 Å². The molecule has 5 nitrogen and oxygen atoms in total. The number of benzene rings is 1. The molecule has 1 aliphatic heterocycles. The lowest BCUT2D eigenvalue weighted by Gasteiger charge is -2.24. The van der Waals surface area contributed by atoms with Gasteiger partial charge in [-0.25, -0.2) is 0 Å². The molecular formula is C17H22N2O3. The third-order valence-corrected chi connectivity index (χ3v) is 4.26. The maximum Gasteiger partial charge on any atom is 0.237 e. The van der Waals surface area contributed by atoms with Crippen molar-refractivity contribution in [1.29, 1.82) is 0 Å². The van der Waals surface area contributed by atoms with Crippen LogP contribution in [0.4, 0.5) is 5.69 Å². The molecule has 1 aromatic carbocycles. The molecule has 0 aromatic heterocycles. The van der Waals surface area contributed by atoms with E-state index in [4.69, 9.17) is 5.73 Å². The van der Waals surface area contributed by atoms with Crippen LogP contribution in [0.1, 0.15) is 45.6 Å². The maximum atomic E-state index is 12.2. The van der Waals surface area contributed by atoms with E-state index in [-0.39, 0.29) is 41.9 Å². The van der Waals surface area contributed by atoms with Crippen LogP contribution >= 0.6 is 0 Å². The summed E-state index contributed by atoms with van der Waals surface area (Å²) in [5.74, 6) is -0.846. The van der Waals surface area contributed by atoms with E-state index in [1.165, 1.54) is 4.90 Å². The first kappa shape index (κ1) is 16.2. The molecule has 0 spiro atoms. The number of hydrogen-bond donors (Lipinski definition) is 1. The first-order chi connectivity index (χ1) is 10.3. The first-order valence-electron chi connectivity index (χ1n) is 7.52. The zero-order valence-electron chi connectivity index (χ0n) is 13.3. The second kappa shape index (κ2) is 5.91. The van der Waals surface area contributed by atoms with Gasteiger partial charge < -0.3 is 5.73 Å². The number of imide groups is 1. The predicted octanol–water partition coefficient (Wildman–Crippen LogP) is 2.13. The minimum atomic E-state index is -0.380. The van der Waals surface area contributed by atoms with Crippen molar-refractivity contribution < 1.29 is 14.4 Å².